The van der Waals surface area contributed by atoms with Crippen LogP contribution in [0.4, 0.5) is 18.9 Å². The molecule has 0 aromatic heterocycles. The van der Waals surface area contributed by atoms with Gasteiger partial charge in [0.2, 0.25) is 0 Å². The highest BCUT2D eigenvalue weighted by molar-refractivity contribution is 7.92. The van der Waals surface area contributed by atoms with E-state index < -0.39 is 22.1 Å². The topological polar surface area (TPSA) is 75.6 Å². The summed E-state index contributed by atoms with van der Waals surface area (Å²) in [6.45, 7) is 0. The zero-order valence-electron chi connectivity index (χ0n) is 10.8. The molecule has 9 heteroatoms. The number of phenols is 1. The van der Waals surface area contributed by atoms with Gasteiger partial charge < -0.3 is 9.84 Å². The Kier molecular flexibility index (Phi) is 4.18. The van der Waals surface area contributed by atoms with Gasteiger partial charge in [-0.15, -0.1) is 13.2 Å². The molecule has 2 aromatic rings. The number of phenolic OH excluding ortho intramolecular Hbond substituents is 1. The monoisotopic (exact) mass is 333 g/mol. The fraction of sp³-hybridized carbons (Fsp3) is 0.0769. The normalized spacial score (nSPS) is 12.0. The van der Waals surface area contributed by atoms with Crippen molar-refractivity contribution in [2.75, 3.05) is 4.72 Å². The Balaban J connectivity index is 2.14. The highest BCUT2D eigenvalue weighted by Gasteiger charge is 2.31. The molecule has 0 aliphatic carbocycles. The van der Waals surface area contributed by atoms with Crippen molar-refractivity contribution in [2.24, 2.45) is 0 Å². The molecule has 0 aliphatic rings. The zero-order chi connectivity index (χ0) is 16.4. The van der Waals surface area contributed by atoms with Gasteiger partial charge in [-0.05, 0) is 48.5 Å². The predicted molar refractivity (Wildman–Crippen MR) is 72.0 cm³/mol. The summed E-state index contributed by atoms with van der Waals surface area (Å²) in [6, 6.07) is 9.05. The average Bonchev–Trinajstić information content (AvgIpc) is 2.39. The number of hydrogen-bond acceptors (Lipinski definition) is 4. The number of benzene rings is 2. The first-order valence-electron chi connectivity index (χ1n) is 5.83. The number of rotatable bonds is 4. The van der Waals surface area contributed by atoms with Crippen LogP contribution in [0.2, 0.25) is 0 Å². The van der Waals surface area contributed by atoms with Crippen LogP contribution in [0.5, 0.6) is 11.5 Å². The molecule has 2 aromatic carbocycles. The van der Waals surface area contributed by atoms with Gasteiger partial charge in [0.05, 0.1) is 4.90 Å². The molecule has 0 amide bonds. The molecule has 0 heterocycles. The molecule has 0 radical (unpaired) electrons. The molecule has 0 bridgehead atoms. The first-order chi connectivity index (χ1) is 10.2. The van der Waals surface area contributed by atoms with Crippen LogP contribution in [0, 0.1) is 0 Å². The van der Waals surface area contributed by atoms with Crippen molar-refractivity contribution < 1.29 is 31.4 Å². The average molecular weight is 333 g/mol. The lowest BCUT2D eigenvalue weighted by atomic mass is 10.3. The molecule has 5 nitrogen and oxygen atoms in total. The Morgan fingerprint density at radius 3 is 2.00 bits per heavy atom. The van der Waals surface area contributed by atoms with Crippen molar-refractivity contribution in [3.8, 4) is 11.5 Å². The summed E-state index contributed by atoms with van der Waals surface area (Å²) >= 11 is 0. The van der Waals surface area contributed by atoms with Crippen LogP contribution >= 0.6 is 0 Å². The fourth-order valence-corrected chi connectivity index (χ4v) is 2.62. The second-order valence-electron chi connectivity index (χ2n) is 4.17. The maximum atomic E-state index is 12.0. The van der Waals surface area contributed by atoms with Crippen molar-refractivity contribution in [1.82, 2.24) is 0 Å². The van der Waals surface area contributed by atoms with E-state index in [4.69, 9.17) is 5.11 Å². The summed E-state index contributed by atoms with van der Waals surface area (Å²) in [6.07, 6.45) is -4.81. The maximum Gasteiger partial charge on any atom is 0.573 e. The van der Waals surface area contributed by atoms with E-state index in [1.165, 1.54) is 24.3 Å². The number of halogens is 3. The Bertz CT molecular complexity index is 740. The zero-order valence-corrected chi connectivity index (χ0v) is 11.6. The number of anilines is 1. The van der Waals surface area contributed by atoms with E-state index in [9.17, 15) is 21.6 Å². The van der Waals surface area contributed by atoms with Gasteiger partial charge in [0.1, 0.15) is 11.5 Å². The highest BCUT2D eigenvalue weighted by Crippen LogP contribution is 2.25. The minimum Gasteiger partial charge on any atom is -0.508 e. The minimum atomic E-state index is -4.81. The smallest absolute Gasteiger partial charge is 0.508 e. The molecule has 0 saturated carbocycles. The fourth-order valence-electron chi connectivity index (χ4n) is 1.56. The molecule has 2 rings (SSSR count). The molecule has 2 N–H and O–H groups in total. The van der Waals surface area contributed by atoms with Gasteiger partial charge in [-0.2, -0.15) is 0 Å². The van der Waals surface area contributed by atoms with E-state index in [1.54, 1.807) is 0 Å². The van der Waals surface area contributed by atoms with Gasteiger partial charge in [-0.1, -0.05) is 0 Å². The quantitative estimate of drug-likeness (QED) is 0.901. The van der Waals surface area contributed by atoms with Crippen LogP contribution in [-0.4, -0.2) is 19.9 Å². The molecular formula is C13H10F3NO4S. The van der Waals surface area contributed by atoms with Crippen LogP contribution < -0.4 is 9.46 Å². The van der Waals surface area contributed by atoms with Crippen LogP contribution in [0.1, 0.15) is 0 Å². The van der Waals surface area contributed by atoms with Gasteiger partial charge in [-0.25, -0.2) is 8.42 Å². The Labute approximate surface area is 124 Å². The van der Waals surface area contributed by atoms with Gasteiger partial charge in [0, 0.05) is 5.69 Å². The number of nitrogens with one attached hydrogen (secondary N) is 1. The van der Waals surface area contributed by atoms with E-state index in [-0.39, 0.29) is 16.3 Å². The van der Waals surface area contributed by atoms with Gasteiger partial charge in [0.15, 0.2) is 0 Å². The SMILES string of the molecule is O=S(=O)(Nc1ccc(OC(F)(F)F)cc1)c1ccc(O)cc1. The van der Waals surface area contributed by atoms with E-state index in [1.807, 2.05) is 0 Å². The number of sulfonamides is 1. The van der Waals surface area contributed by atoms with Crippen LogP contribution in [0.3, 0.4) is 0 Å². The van der Waals surface area contributed by atoms with Gasteiger partial charge >= 0.3 is 6.36 Å². The van der Waals surface area contributed by atoms with Gasteiger partial charge in [-0.3, -0.25) is 4.72 Å². The molecule has 0 saturated heterocycles. The first kappa shape index (κ1) is 16.0. The van der Waals surface area contributed by atoms with Crippen LogP contribution in [0.25, 0.3) is 0 Å². The largest absolute Gasteiger partial charge is 0.573 e. The van der Waals surface area contributed by atoms with Crippen LogP contribution in [-0.2, 0) is 10.0 Å². The predicted octanol–water partition coefficient (Wildman–Crippen LogP) is 3.09. The third-order valence-corrected chi connectivity index (χ3v) is 3.88. The molecule has 0 fully saturated rings. The number of aromatic hydroxyl groups is 1. The van der Waals surface area contributed by atoms with E-state index in [0.717, 1.165) is 24.3 Å². The second kappa shape index (κ2) is 5.76. The molecule has 0 atom stereocenters. The number of alkyl halides is 3. The minimum absolute atomic E-state index is 0.0719. The van der Waals surface area contributed by atoms with Gasteiger partial charge in [0.25, 0.3) is 10.0 Å². The molecule has 0 aliphatic heterocycles. The van der Waals surface area contributed by atoms with Crippen molar-refractivity contribution in [3.63, 3.8) is 0 Å². The second-order valence-corrected chi connectivity index (χ2v) is 5.85. The molecule has 22 heavy (non-hydrogen) atoms. The molecule has 118 valence electrons. The van der Waals surface area contributed by atoms with E-state index >= 15 is 0 Å². The summed E-state index contributed by atoms with van der Waals surface area (Å²) in [5.41, 5.74) is 0.0719. The van der Waals surface area contributed by atoms with E-state index in [2.05, 4.69) is 9.46 Å². The molecule has 0 unspecified atom stereocenters. The first-order valence-corrected chi connectivity index (χ1v) is 7.32. The van der Waals surface area contributed by atoms with Crippen molar-refractivity contribution >= 4 is 15.7 Å². The Morgan fingerprint density at radius 1 is 0.955 bits per heavy atom. The lowest BCUT2D eigenvalue weighted by molar-refractivity contribution is -0.274. The van der Waals surface area contributed by atoms with E-state index in [0.29, 0.717) is 0 Å². The summed E-state index contributed by atoms with van der Waals surface area (Å²) < 4.78 is 66.0. The van der Waals surface area contributed by atoms with Crippen molar-refractivity contribution in [1.29, 1.82) is 0 Å². The Hall–Kier alpha value is -2.42. The third-order valence-electron chi connectivity index (χ3n) is 2.49. The highest BCUT2D eigenvalue weighted by atomic mass is 32.2. The lowest BCUT2D eigenvalue weighted by Crippen LogP contribution is -2.17. The number of ether oxygens (including phenoxy) is 1. The van der Waals surface area contributed by atoms with Crippen molar-refractivity contribution in [2.45, 2.75) is 11.3 Å². The molecule has 0 spiro atoms. The Morgan fingerprint density at radius 2 is 1.50 bits per heavy atom. The summed E-state index contributed by atoms with van der Waals surface area (Å²) in [4.78, 5) is -0.0964. The number of hydrogen-bond donors (Lipinski definition) is 2. The third kappa shape index (κ3) is 4.29. The standard InChI is InChI=1S/C13H10F3NO4S/c14-13(15,16)21-11-5-1-9(2-6-11)17-22(19,20)12-7-3-10(18)4-8-12/h1-8,17-18H. The van der Waals surface area contributed by atoms with Crippen LogP contribution in [0.15, 0.2) is 53.4 Å². The summed E-state index contributed by atoms with van der Waals surface area (Å²) in [7, 11) is -3.90. The summed E-state index contributed by atoms with van der Waals surface area (Å²) in [5, 5.41) is 9.11. The molecular weight excluding hydrogens is 323 g/mol. The lowest BCUT2D eigenvalue weighted by Gasteiger charge is -2.11. The summed E-state index contributed by atoms with van der Waals surface area (Å²) in [5.74, 6) is -0.548. The maximum absolute atomic E-state index is 12.0. The van der Waals surface area contributed by atoms with Crippen molar-refractivity contribution in [3.05, 3.63) is 48.5 Å².